The molecule has 5 nitrogen and oxygen atoms in total. The molecule has 0 bridgehead atoms. The first-order chi connectivity index (χ1) is 9.87. The van der Waals surface area contributed by atoms with Crippen LogP contribution in [0.2, 0.25) is 0 Å². The van der Waals surface area contributed by atoms with E-state index in [1.807, 2.05) is 0 Å². The van der Waals surface area contributed by atoms with E-state index in [0.717, 1.165) is 0 Å². The lowest BCUT2D eigenvalue weighted by molar-refractivity contribution is -0.156. The normalized spacial score (nSPS) is 23.1. The fourth-order valence-electron chi connectivity index (χ4n) is 2.33. The molecule has 1 aliphatic rings. The molecule has 1 amide bonds. The molecular formula is C16H28FNO4. The maximum atomic E-state index is 13.7. The number of rotatable bonds is 2. The third-order valence-electron chi connectivity index (χ3n) is 3.10. The van der Waals surface area contributed by atoms with E-state index in [1.165, 1.54) is 4.90 Å². The molecule has 0 saturated carbocycles. The van der Waals surface area contributed by atoms with E-state index in [0.29, 0.717) is 0 Å². The van der Waals surface area contributed by atoms with Gasteiger partial charge in [0, 0.05) is 12.6 Å². The quantitative estimate of drug-likeness (QED) is 0.732. The summed E-state index contributed by atoms with van der Waals surface area (Å²) in [6.45, 7) is 10.9. The Labute approximate surface area is 132 Å². The molecule has 1 heterocycles. The zero-order valence-corrected chi connectivity index (χ0v) is 14.4. The van der Waals surface area contributed by atoms with E-state index < -0.39 is 35.5 Å². The number of alkyl halides is 1. The summed E-state index contributed by atoms with van der Waals surface area (Å²) in [5.74, 6) is -0.430. The molecule has 1 aliphatic heterocycles. The molecule has 0 aliphatic carbocycles. The number of piperidine rings is 1. The van der Waals surface area contributed by atoms with Crippen molar-refractivity contribution in [2.24, 2.45) is 0 Å². The monoisotopic (exact) mass is 317 g/mol. The highest BCUT2D eigenvalue weighted by atomic mass is 19.1. The summed E-state index contributed by atoms with van der Waals surface area (Å²) in [6, 6.07) is -0.520. The van der Waals surface area contributed by atoms with Crippen molar-refractivity contribution in [3.63, 3.8) is 0 Å². The third-order valence-corrected chi connectivity index (χ3v) is 3.10. The maximum Gasteiger partial charge on any atom is 0.410 e. The van der Waals surface area contributed by atoms with Crippen LogP contribution in [-0.2, 0) is 14.3 Å². The van der Waals surface area contributed by atoms with Gasteiger partial charge >= 0.3 is 12.1 Å². The number of hydrogen-bond donors (Lipinski definition) is 0. The first-order valence-electron chi connectivity index (χ1n) is 7.73. The van der Waals surface area contributed by atoms with Crippen LogP contribution in [0.5, 0.6) is 0 Å². The van der Waals surface area contributed by atoms with Crippen molar-refractivity contribution in [3.05, 3.63) is 0 Å². The number of carbonyl (C=O) groups excluding carboxylic acids is 2. The van der Waals surface area contributed by atoms with Gasteiger partial charge in [0.2, 0.25) is 0 Å². The van der Waals surface area contributed by atoms with Gasteiger partial charge in [-0.1, -0.05) is 0 Å². The first kappa shape index (κ1) is 18.7. The summed E-state index contributed by atoms with van der Waals surface area (Å²) in [4.78, 5) is 25.6. The van der Waals surface area contributed by atoms with Gasteiger partial charge in [-0.05, 0) is 54.4 Å². The Morgan fingerprint density at radius 1 is 1.09 bits per heavy atom. The SMILES string of the molecule is CC(C)(C)OC(=O)C[C@@H]1C[C@H](F)CCN1C(=O)OC(C)(C)C. The van der Waals surface area contributed by atoms with Gasteiger partial charge in [-0.2, -0.15) is 0 Å². The number of halogens is 1. The number of carbonyl (C=O) groups is 2. The zero-order chi connectivity index (χ0) is 17.1. The van der Waals surface area contributed by atoms with Gasteiger partial charge in [0.15, 0.2) is 0 Å². The highest BCUT2D eigenvalue weighted by Gasteiger charge is 2.36. The minimum Gasteiger partial charge on any atom is -0.460 e. The lowest BCUT2D eigenvalue weighted by atomic mass is 9.98. The van der Waals surface area contributed by atoms with Crippen molar-refractivity contribution in [1.82, 2.24) is 4.90 Å². The second-order valence-electron chi connectivity index (χ2n) is 7.74. The highest BCUT2D eigenvalue weighted by molar-refractivity contribution is 5.73. The summed E-state index contributed by atoms with van der Waals surface area (Å²) in [6.07, 6.45) is -1.13. The summed E-state index contributed by atoms with van der Waals surface area (Å²) in [5, 5.41) is 0. The van der Waals surface area contributed by atoms with E-state index in [4.69, 9.17) is 9.47 Å². The highest BCUT2D eigenvalue weighted by Crippen LogP contribution is 2.25. The fourth-order valence-corrected chi connectivity index (χ4v) is 2.33. The number of amides is 1. The first-order valence-corrected chi connectivity index (χ1v) is 7.73. The van der Waals surface area contributed by atoms with Gasteiger partial charge in [0.05, 0.1) is 6.42 Å². The average Bonchev–Trinajstić information content (AvgIpc) is 2.23. The molecule has 6 heteroatoms. The Bertz CT molecular complexity index is 411. The summed E-state index contributed by atoms with van der Waals surface area (Å²) >= 11 is 0. The Balaban J connectivity index is 2.73. The van der Waals surface area contributed by atoms with Crippen molar-refractivity contribution < 1.29 is 23.5 Å². The Kier molecular flexibility index (Phi) is 5.82. The van der Waals surface area contributed by atoms with E-state index in [2.05, 4.69) is 0 Å². The number of hydrogen-bond acceptors (Lipinski definition) is 4. The van der Waals surface area contributed by atoms with Crippen LogP contribution in [0.25, 0.3) is 0 Å². The van der Waals surface area contributed by atoms with Crippen molar-refractivity contribution >= 4 is 12.1 Å². The number of ether oxygens (including phenoxy) is 2. The topological polar surface area (TPSA) is 55.8 Å². The van der Waals surface area contributed by atoms with E-state index in [-0.39, 0.29) is 25.8 Å². The van der Waals surface area contributed by atoms with Crippen LogP contribution in [0, 0.1) is 0 Å². The lowest BCUT2D eigenvalue weighted by Crippen LogP contribution is -2.49. The Hall–Kier alpha value is -1.33. The zero-order valence-electron chi connectivity index (χ0n) is 14.4. The minimum absolute atomic E-state index is 0.0169. The molecule has 1 fully saturated rings. The molecule has 128 valence electrons. The minimum atomic E-state index is -1.01. The van der Waals surface area contributed by atoms with Crippen LogP contribution < -0.4 is 0 Å². The molecule has 2 atom stereocenters. The molecule has 0 aromatic heterocycles. The molecule has 0 spiro atoms. The second-order valence-corrected chi connectivity index (χ2v) is 7.74. The van der Waals surface area contributed by atoms with Gasteiger partial charge in [-0.15, -0.1) is 0 Å². The number of nitrogens with zero attached hydrogens (tertiary/aromatic N) is 1. The van der Waals surface area contributed by atoms with Crippen LogP contribution in [0.15, 0.2) is 0 Å². The van der Waals surface area contributed by atoms with Gasteiger partial charge in [0.1, 0.15) is 17.4 Å². The van der Waals surface area contributed by atoms with Crippen LogP contribution in [0.1, 0.15) is 60.8 Å². The molecule has 0 radical (unpaired) electrons. The standard InChI is InChI=1S/C16H28FNO4/c1-15(2,3)21-13(19)10-12-9-11(17)7-8-18(12)14(20)22-16(4,5)6/h11-12H,7-10H2,1-6H3/t11-,12+/m1/s1. The smallest absolute Gasteiger partial charge is 0.410 e. The fraction of sp³-hybridized carbons (Fsp3) is 0.875. The second kappa shape index (κ2) is 6.84. The summed E-state index contributed by atoms with van der Waals surface area (Å²) < 4.78 is 24.3. The molecule has 0 unspecified atom stereocenters. The van der Waals surface area contributed by atoms with Crippen molar-refractivity contribution in [1.29, 1.82) is 0 Å². The van der Waals surface area contributed by atoms with Crippen molar-refractivity contribution in [3.8, 4) is 0 Å². The van der Waals surface area contributed by atoms with E-state index in [9.17, 15) is 14.0 Å². The van der Waals surface area contributed by atoms with E-state index >= 15 is 0 Å². The Morgan fingerprint density at radius 3 is 2.14 bits per heavy atom. The Morgan fingerprint density at radius 2 is 1.64 bits per heavy atom. The maximum absolute atomic E-state index is 13.7. The predicted molar refractivity (Wildman–Crippen MR) is 81.3 cm³/mol. The van der Waals surface area contributed by atoms with Crippen LogP contribution in [0.3, 0.4) is 0 Å². The molecule has 0 aromatic rings. The number of likely N-dealkylation sites (tertiary alicyclic amines) is 1. The molecule has 1 rings (SSSR count). The average molecular weight is 317 g/mol. The van der Waals surface area contributed by atoms with Crippen molar-refractivity contribution in [2.45, 2.75) is 84.2 Å². The van der Waals surface area contributed by atoms with Crippen LogP contribution in [-0.4, -0.2) is 46.9 Å². The summed E-state index contributed by atoms with van der Waals surface area (Å²) in [7, 11) is 0. The predicted octanol–water partition coefficient (Wildman–Crippen LogP) is 3.46. The van der Waals surface area contributed by atoms with Gasteiger partial charge in [-0.25, -0.2) is 9.18 Å². The van der Waals surface area contributed by atoms with E-state index in [1.54, 1.807) is 41.5 Å². The van der Waals surface area contributed by atoms with Gasteiger partial charge in [-0.3, -0.25) is 4.79 Å². The van der Waals surface area contributed by atoms with Crippen molar-refractivity contribution in [2.75, 3.05) is 6.54 Å². The molecule has 0 N–H and O–H groups in total. The van der Waals surface area contributed by atoms with Gasteiger partial charge < -0.3 is 14.4 Å². The summed E-state index contributed by atoms with van der Waals surface area (Å²) in [5.41, 5.74) is -1.22. The molecule has 1 saturated heterocycles. The lowest BCUT2D eigenvalue weighted by Gasteiger charge is -2.37. The molecule has 22 heavy (non-hydrogen) atoms. The molecular weight excluding hydrogens is 289 g/mol. The third kappa shape index (κ3) is 6.62. The molecule has 0 aromatic carbocycles. The van der Waals surface area contributed by atoms with Crippen LogP contribution >= 0.6 is 0 Å². The van der Waals surface area contributed by atoms with Crippen LogP contribution in [0.4, 0.5) is 9.18 Å². The number of esters is 1. The largest absolute Gasteiger partial charge is 0.460 e. The van der Waals surface area contributed by atoms with Gasteiger partial charge in [0.25, 0.3) is 0 Å².